The highest BCUT2D eigenvalue weighted by molar-refractivity contribution is 6.35. The van der Waals surface area contributed by atoms with E-state index < -0.39 is 44.2 Å². The molecule has 0 aliphatic heterocycles. The first-order valence-electron chi connectivity index (χ1n) is 7.79. The molecule has 0 bridgehead atoms. The van der Waals surface area contributed by atoms with Crippen LogP contribution in [0.2, 0.25) is 5.02 Å². The summed E-state index contributed by atoms with van der Waals surface area (Å²) in [6.07, 6.45) is 0.0943. The number of carbonyl (C=O) groups excluding carboxylic acids is 2. The molecule has 0 saturated carbocycles. The van der Waals surface area contributed by atoms with Crippen LogP contribution in [0.3, 0.4) is 0 Å². The van der Waals surface area contributed by atoms with E-state index in [4.69, 9.17) is 11.6 Å². The topological polar surface area (TPSA) is 142 Å². The van der Waals surface area contributed by atoms with Gasteiger partial charge in [0.15, 0.2) is 5.02 Å². The van der Waals surface area contributed by atoms with Crippen LogP contribution >= 0.6 is 11.6 Å². The standard InChI is InChI=1S/C17H14ClN3O7/c1-28-17(23)12(7-10-5-3-2-4-6-10)19-16(22)11-8-13(20(24)25)15(18)14(9-11)21(26)27/h2-6,8-9,12H,7H2,1H3,(H,19,22). The Labute approximate surface area is 163 Å². The number of ether oxygens (including phenoxy) is 1. The number of methoxy groups -OCH3 is 1. The molecule has 1 unspecified atom stereocenters. The fourth-order valence-corrected chi connectivity index (χ4v) is 2.67. The molecule has 10 nitrogen and oxygen atoms in total. The molecule has 1 amide bonds. The van der Waals surface area contributed by atoms with E-state index in [2.05, 4.69) is 10.1 Å². The van der Waals surface area contributed by atoms with Crippen LogP contribution in [0, 0.1) is 20.2 Å². The Morgan fingerprint density at radius 3 is 2.11 bits per heavy atom. The minimum atomic E-state index is -1.10. The summed E-state index contributed by atoms with van der Waals surface area (Å²) in [7, 11) is 1.14. The number of nitro groups is 2. The molecule has 146 valence electrons. The molecular formula is C17H14ClN3O7. The van der Waals surface area contributed by atoms with E-state index >= 15 is 0 Å². The number of nitrogens with zero attached hydrogens (tertiary/aromatic N) is 2. The van der Waals surface area contributed by atoms with E-state index in [9.17, 15) is 29.8 Å². The van der Waals surface area contributed by atoms with Gasteiger partial charge in [-0.2, -0.15) is 0 Å². The van der Waals surface area contributed by atoms with Crippen molar-refractivity contribution in [2.45, 2.75) is 12.5 Å². The van der Waals surface area contributed by atoms with Crippen molar-refractivity contribution in [3.63, 3.8) is 0 Å². The molecule has 0 aromatic heterocycles. The zero-order chi connectivity index (χ0) is 20.8. The van der Waals surface area contributed by atoms with E-state index in [0.29, 0.717) is 0 Å². The van der Waals surface area contributed by atoms with Gasteiger partial charge in [-0.1, -0.05) is 41.9 Å². The smallest absolute Gasteiger partial charge is 0.328 e. The van der Waals surface area contributed by atoms with Gasteiger partial charge in [-0.05, 0) is 5.56 Å². The monoisotopic (exact) mass is 407 g/mol. The van der Waals surface area contributed by atoms with Crippen LogP contribution in [0.4, 0.5) is 11.4 Å². The fraction of sp³-hybridized carbons (Fsp3) is 0.176. The van der Waals surface area contributed by atoms with Crippen molar-refractivity contribution >= 4 is 34.9 Å². The van der Waals surface area contributed by atoms with Crippen LogP contribution in [0.15, 0.2) is 42.5 Å². The van der Waals surface area contributed by atoms with Gasteiger partial charge in [0, 0.05) is 18.6 Å². The summed E-state index contributed by atoms with van der Waals surface area (Å²) in [6.45, 7) is 0. The lowest BCUT2D eigenvalue weighted by atomic mass is 10.1. The van der Waals surface area contributed by atoms with Gasteiger partial charge in [0.1, 0.15) is 6.04 Å². The molecule has 0 aliphatic carbocycles. The normalized spacial score (nSPS) is 11.4. The molecule has 11 heteroatoms. The highest BCUT2D eigenvalue weighted by atomic mass is 35.5. The van der Waals surface area contributed by atoms with Crippen LogP contribution in [-0.2, 0) is 16.0 Å². The highest BCUT2D eigenvalue weighted by Gasteiger charge is 2.29. The van der Waals surface area contributed by atoms with Gasteiger partial charge < -0.3 is 10.1 Å². The summed E-state index contributed by atoms with van der Waals surface area (Å²) in [5.74, 6) is -1.66. The number of rotatable bonds is 7. The molecular weight excluding hydrogens is 394 g/mol. The molecule has 2 rings (SSSR count). The largest absolute Gasteiger partial charge is 0.467 e. The van der Waals surface area contributed by atoms with Gasteiger partial charge in [0.25, 0.3) is 17.3 Å². The number of carbonyl (C=O) groups is 2. The van der Waals surface area contributed by atoms with E-state index in [-0.39, 0.29) is 12.0 Å². The lowest BCUT2D eigenvalue weighted by molar-refractivity contribution is -0.393. The summed E-state index contributed by atoms with van der Waals surface area (Å²) in [5, 5.41) is 23.9. The Morgan fingerprint density at radius 2 is 1.64 bits per heavy atom. The highest BCUT2D eigenvalue weighted by Crippen LogP contribution is 2.34. The fourth-order valence-electron chi connectivity index (χ4n) is 2.42. The molecule has 0 radical (unpaired) electrons. The first-order valence-corrected chi connectivity index (χ1v) is 8.17. The minimum Gasteiger partial charge on any atom is -0.467 e. The average Bonchev–Trinajstić information content (AvgIpc) is 2.67. The van der Waals surface area contributed by atoms with Crippen molar-refractivity contribution in [2.75, 3.05) is 7.11 Å². The number of halogens is 1. The Kier molecular flexibility index (Phi) is 6.61. The number of amides is 1. The quantitative estimate of drug-likeness (QED) is 0.422. The first-order chi connectivity index (χ1) is 13.2. The maximum absolute atomic E-state index is 12.5. The Morgan fingerprint density at radius 1 is 1.11 bits per heavy atom. The maximum Gasteiger partial charge on any atom is 0.328 e. The van der Waals surface area contributed by atoms with E-state index in [0.717, 1.165) is 24.8 Å². The summed E-state index contributed by atoms with van der Waals surface area (Å²) < 4.78 is 4.67. The van der Waals surface area contributed by atoms with Crippen LogP contribution in [-0.4, -0.2) is 34.9 Å². The molecule has 28 heavy (non-hydrogen) atoms. The Hall–Kier alpha value is -3.53. The van der Waals surface area contributed by atoms with E-state index in [1.165, 1.54) is 0 Å². The summed E-state index contributed by atoms with van der Waals surface area (Å²) in [4.78, 5) is 44.8. The number of benzene rings is 2. The van der Waals surface area contributed by atoms with Gasteiger partial charge in [-0.15, -0.1) is 0 Å². The predicted octanol–water partition coefficient (Wildman–Crippen LogP) is 2.67. The van der Waals surface area contributed by atoms with Gasteiger partial charge in [0.2, 0.25) is 0 Å². The SMILES string of the molecule is COC(=O)C(Cc1ccccc1)NC(=O)c1cc([N+](=O)[O-])c(Cl)c([N+](=O)[O-])c1. The number of hydrogen-bond donors (Lipinski definition) is 1. The molecule has 0 fully saturated rings. The molecule has 0 saturated heterocycles. The van der Waals surface area contributed by atoms with Crippen molar-refractivity contribution < 1.29 is 24.2 Å². The second-order valence-corrected chi connectivity index (χ2v) is 5.96. The zero-order valence-corrected chi connectivity index (χ0v) is 15.2. The van der Waals surface area contributed by atoms with Crippen molar-refractivity contribution in [1.29, 1.82) is 0 Å². The average molecular weight is 408 g/mol. The van der Waals surface area contributed by atoms with E-state index in [1.807, 2.05) is 0 Å². The van der Waals surface area contributed by atoms with Gasteiger partial charge in [0.05, 0.1) is 22.5 Å². The predicted molar refractivity (Wildman–Crippen MR) is 98.2 cm³/mol. The molecule has 0 aliphatic rings. The molecule has 0 spiro atoms. The first kappa shape index (κ1) is 20.8. The Balaban J connectivity index is 2.36. The van der Waals surface area contributed by atoms with Crippen LogP contribution < -0.4 is 5.32 Å². The van der Waals surface area contributed by atoms with Crippen LogP contribution in [0.25, 0.3) is 0 Å². The van der Waals surface area contributed by atoms with Crippen LogP contribution in [0.5, 0.6) is 0 Å². The number of nitro benzene ring substituents is 2. The lowest BCUT2D eigenvalue weighted by Crippen LogP contribution is -2.43. The third-order valence-corrected chi connectivity index (χ3v) is 4.15. The second kappa shape index (κ2) is 8.91. The van der Waals surface area contributed by atoms with Gasteiger partial charge >= 0.3 is 5.97 Å². The van der Waals surface area contributed by atoms with Crippen molar-refractivity contribution in [2.24, 2.45) is 0 Å². The summed E-state index contributed by atoms with van der Waals surface area (Å²) in [5.41, 5.74) is -1.24. The molecule has 2 aromatic rings. The molecule has 1 N–H and O–H groups in total. The second-order valence-electron chi connectivity index (χ2n) is 5.58. The molecule has 1 atom stereocenters. The third-order valence-electron chi connectivity index (χ3n) is 3.76. The van der Waals surface area contributed by atoms with Crippen LogP contribution in [0.1, 0.15) is 15.9 Å². The number of esters is 1. The van der Waals surface area contributed by atoms with Gasteiger partial charge in [-0.3, -0.25) is 25.0 Å². The lowest BCUT2D eigenvalue weighted by Gasteiger charge is -2.16. The number of nitrogens with one attached hydrogen (secondary N) is 1. The van der Waals surface area contributed by atoms with E-state index in [1.54, 1.807) is 30.3 Å². The Bertz CT molecular complexity index is 899. The number of hydrogen-bond acceptors (Lipinski definition) is 7. The van der Waals surface area contributed by atoms with Gasteiger partial charge in [-0.25, -0.2) is 4.79 Å². The minimum absolute atomic E-state index is 0.0943. The van der Waals surface area contributed by atoms with Crippen molar-refractivity contribution in [3.8, 4) is 0 Å². The maximum atomic E-state index is 12.5. The molecule has 0 heterocycles. The molecule has 2 aromatic carbocycles. The van der Waals surface area contributed by atoms with Crippen molar-refractivity contribution in [1.82, 2.24) is 5.32 Å². The van der Waals surface area contributed by atoms with Crippen molar-refractivity contribution in [3.05, 3.63) is 78.8 Å². The summed E-state index contributed by atoms with van der Waals surface area (Å²) in [6, 6.07) is 9.26. The zero-order valence-electron chi connectivity index (χ0n) is 14.5. The third kappa shape index (κ3) is 4.80. The summed E-state index contributed by atoms with van der Waals surface area (Å²) >= 11 is 5.67.